The molecule has 0 bridgehead atoms. The third-order valence-electron chi connectivity index (χ3n) is 7.34. The summed E-state index contributed by atoms with van der Waals surface area (Å²) in [6.07, 6.45) is 6.27. The normalized spacial score (nSPS) is 24.1. The zero-order valence-corrected chi connectivity index (χ0v) is 19.9. The summed E-state index contributed by atoms with van der Waals surface area (Å²) >= 11 is 0. The molecule has 1 aromatic heterocycles. The van der Waals surface area contributed by atoms with E-state index in [1.807, 2.05) is 47.6 Å². The molecule has 1 amide bonds. The lowest BCUT2D eigenvalue weighted by Gasteiger charge is -2.39. The van der Waals surface area contributed by atoms with Gasteiger partial charge in [0.2, 0.25) is 0 Å². The van der Waals surface area contributed by atoms with Gasteiger partial charge in [0.05, 0.1) is 23.5 Å². The van der Waals surface area contributed by atoms with Crippen molar-refractivity contribution in [1.82, 2.24) is 25.1 Å². The summed E-state index contributed by atoms with van der Waals surface area (Å²) in [6.45, 7) is 5.06. The van der Waals surface area contributed by atoms with Crippen LogP contribution in [-0.4, -0.2) is 52.4 Å². The van der Waals surface area contributed by atoms with Crippen LogP contribution in [0, 0.1) is 5.92 Å². The molecule has 0 aliphatic carbocycles. The van der Waals surface area contributed by atoms with Crippen molar-refractivity contribution >= 4 is 17.1 Å². The third kappa shape index (κ3) is 5.26. The van der Waals surface area contributed by atoms with Crippen molar-refractivity contribution in [3.05, 3.63) is 66.5 Å². The average molecular weight is 462 g/mol. The summed E-state index contributed by atoms with van der Waals surface area (Å²) in [5.41, 5.74) is 3.28. The van der Waals surface area contributed by atoms with E-state index in [1.165, 1.54) is 5.52 Å². The Balaban J connectivity index is 1.14. The first-order valence-electron chi connectivity index (χ1n) is 12.5. The molecule has 0 spiro atoms. The predicted molar refractivity (Wildman–Crippen MR) is 133 cm³/mol. The molecular formula is C27H35N5O2. The number of carbonyl (C=O) groups excluding carboxylic acids is 1. The van der Waals surface area contributed by atoms with Crippen LogP contribution in [0.5, 0.6) is 0 Å². The largest absolute Gasteiger partial charge is 0.445 e. The number of rotatable bonds is 6. The molecule has 7 nitrogen and oxygen atoms in total. The minimum atomic E-state index is -0.205. The molecule has 2 N–H and O–H groups in total. The number of benzene rings is 2. The van der Waals surface area contributed by atoms with Gasteiger partial charge in [-0.3, -0.25) is 5.32 Å². The summed E-state index contributed by atoms with van der Waals surface area (Å²) in [7, 11) is 0. The molecule has 180 valence electrons. The maximum Gasteiger partial charge on any atom is 0.410 e. The molecular weight excluding hydrogens is 426 g/mol. The molecule has 34 heavy (non-hydrogen) atoms. The van der Waals surface area contributed by atoms with Gasteiger partial charge in [0, 0.05) is 25.2 Å². The minimum absolute atomic E-state index is 0.205. The van der Waals surface area contributed by atoms with Crippen molar-refractivity contribution in [3.63, 3.8) is 0 Å². The molecule has 4 atom stereocenters. The van der Waals surface area contributed by atoms with Gasteiger partial charge in [0.15, 0.2) is 0 Å². The van der Waals surface area contributed by atoms with Crippen LogP contribution >= 0.6 is 0 Å². The highest BCUT2D eigenvalue weighted by Gasteiger charge is 2.31. The van der Waals surface area contributed by atoms with E-state index in [1.54, 1.807) is 0 Å². The molecule has 2 saturated heterocycles. The second-order valence-corrected chi connectivity index (χ2v) is 9.67. The number of imidazole rings is 1. The first-order valence-corrected chi connectivity index (χ1v) is 12.5. The molecule has 3 heterocycles. The molecule has 4 unspecified atom stereocenters. The molecule has 2 fully saturated rings. The number of amides is 1. The van der Waals surface area contributed by atoms with Crippen LogP contribution in [0.3, 0.4) is 0 Å². The number of nitrogens with zero attached hydrogens (tertiary/aromatic N) is 3. The highest BCUT2D eigenvalue weighted by Crippen LogP contribution is 2.27. The van der Waals surface area contributed by atoms with E-state index >= 15 is 0 Å². The van der Waals surface area contributed by atoms with Crippen LogP contribution in [-0.2, 0) is 11.3 Å². The molecule has 0 radical (unpaired) electrons. The number of para-hydroxylation sites is 2. The summed E-state index contributed by atoms with van der Waals surface area (Å²) in [5, 5.41) is 7.47. The van der Waals surface area contributed by atoms with Crippen molar-refractivity contribution in [3.8, 4) is 0 Å². The van der Waals surface area contributed by atoms with Crippen LogP contribution in [0.2, 0.25) is 0 Å². The van der Waals surface area contributed by atoms with E-state index in [0.29, 0.717) is 24.6 Å². The van der Waals surface area contributed by atoms with E-state index < -0.39 is 0 Å². The lowest BCUT2D eigenvalue weighted by molar-refractivity contribution is 0.0726. The Morgan fingerprint density at radius 2 is 2.00 bits per heavy atom. The fourth-order valence-corrected chi connectivity index (χ4v) is 5.39. The first kappa shape index (κ1) is 22.9. The van der Waals surface area contributed by atoms with Gasteiger partial charge in [-0.05, 0) is 62.8 Å². The molecule has 0 saturated carbocycles. The van der Waals surface area contributed by atoms with Gasteiger partial charge in [-0.15, -0.1) is 0 Å². The van der Waals surface area contributed by atoms with Gasteiger partial charge in [0.1, 0.15) is 6.61 Å². The van der Waals surface area contributed by atoms with E-state index in [4.69, 9.17) is 4.74 Å². The Hall–Kier alpha value is -2.90. The number of fused-ring (bicyclic) bond motifs is 1. The topological polar surface area (TPSA) is 71.4 Å². The van der Waals surface area contributed by atoms with Gasteiger partial charge >= 0.3 is 6.09 Å². The SMILES string of the molecule is CC(NC1CC(n2cnc3ccccc32)CCN1)C1CCCN(C(=O)OCc2ccccc2)C1. The zero-order valence-electron chi connectivity index (χ0n) is 19.9. The summed E-state index contributed by atoms with van der Waals surface area (Å²) in [6, 6.07) is 18.9. The summed E-state index contributed by atoms with van der Waals surface area (Å²) < 4.78 is 7.92. The fraction of sp³-hybridized carbons (Fsp3) is 0.481. The van der Waals surface area contributed by atoms with Crippen LogP contribution < -0.4 is 10.6 Å². The van der Waals surface area contributed by atoms with Gasteiger partial charge < -0.3 is 19.5 Å². The number of likely N-dealkylation sites (tertiary alicyclic amines) is 1. The lowest BCUT2D eigenvalue weighted by Crippen LogP contribution is -2.55. The van der Waals surface area contributed by atoms with Crippen molar-refractivity contribution in [2.75, 3.05) is 19.6 Å². The number of ether oxygens (including phenoxy) is 1. The molecule has 5 rings (SSSR count). The second kappa shape index (κ2) is 10.6. The van der Waals surface area contributed by atoms with Crippen molar-refractivity contribution in [1.29, 1.82) is 0 Å². The van der Waals surface area contributed by atoms with Crippen molar-refractivity contribution < 1.29 is 9.53 Å². The molecule has 2 aromatic carbocycles. The monoisotopic (exact) mass is 461 g/mol. The van der Waals surface area contributed by atoms with Crippen molar-refractivity contribution in [2.24, 2.45) is 5.92 Å². The van der Waals surface area contributed by atoms with Crippen LogP contribution in [0.15, 0.2) is 60.9 Å². The van der Waals surface area contributed by atoms with E-state index in [-0.39, 0.29) is 12.3 Å². The molecule has 2 aliphatic heterocycles. The lowest BCUT2D eigenvalue weighted by atomic mass is 9.91. The van der Waals surface area contributed by atoms with Gasteiger partial charge in [-0.25, -0.2) is 9.78 Å². The minimum Gasteiger partial charge on any atom is -0.445 e. The third-order valence-corrected chi connectivity index (χ3v) is 7.34. The Morgan fingerprint density at radius 1 is 1.18 bits per heavy atom. The van der Waals surface area contributed by atoms with Crippen LogP contribution in [0.25, 0.3) is 11.0 Å². The zero-order chi connectivity index (χ0) is 23.3. The Bertz CT molecular complexity index is 1080. The van der Waals surface area contributed by atoms with Gasteiger partial charge in [-0.2, -0.15) is 0 Å². The number of piperidine rings is 2. The van der Waals surface area contributed by atoms with E-state index in [0.717, 1.165) is 56.4 Å². The van der Waals surface area contributed by atoms with Gasteiger partial charge in [0.25, 0.3) is 0 Å². The second-order valence-electron chi connectivity index (χ2n) is 9.67. The fourth-order valence-electron chi connectivity index (χ4n) is 5.39. The van der Waals surface area contributed by atoms with Crippen molar-refractivity contribution in [2.45, 2.75) is 57.5 Å². The number of carbonyl (C=O) groups is 1. The standard InChI is InChI=1S/C27H35N5O2/c1-20(22-10-7-15-31(17-22)27(33)34-18-21-8-3-2-4-9-21)30-26-16-23(13-14-28-26)32-19-29-24-11-5-6-12-25(24)32/h2-6,8-9,11-12,19-20,22-23,26,28,30H,7,10,13-18H2,1H3. The number of hydrogen-bond donors (Lipinski definition) is 2. The number of aromatic nitrogens is 2. The number of hydrogen-bond acceptors (Lipinski definition) is 5. The molecule has 7 heteroatoms. The van der Waals surface area contributed by atoms with Crippen LogP contribution in [0.1, 0.15) is 44.2 Å². The van der Waals surface area contributed by atoms with Crippen LogP contribution in [0.4, 0.5) is 4.79 Å². The molecule has 2 aliphatic rings. The molecule has 3 aromatic rings. The van der Waals surface area contributed by atoms with E-state index in [2.05, 4.69) is 45.3 Å². The predicted octanol–water partition coefficient (Wildman–Crippen LogP) is 4.31. The summed E-state index contributed by atoms with van der Waals surface area (Å²) in [5.74, 6) is 0.411. The summed E-state index contributed by atoms with van der Waals surface area (Å²) in [4.78, 5) is 19.1. The smallest absolute Gasteiger partial charge is 0.410 e. The number of nitrogens with one attached hydrogen (secondary N) is 2. The van der Waals surface area contributed by atoms with E-state index in [9.17, 15) is 4.79 Å². The first-order chi connectivity index (χ1) is 16.7. The Labute approximate surface area is 201 Å². The maximum absolute atomic E-state index is 12.7. The average Bonchev–Trinajstić information content (AvgIpc) is 3.32. The maximum atomic E-state index is 12.7. The Morgan fingerprint density at radius 3 is 2.88 bits per heavy atom. The highest BCUT2D eigenvalue weighted by molar-refractivity contribution is 5.75. The quantitative estimate of drug-likeness (QED) is 0.572. The highest BCUT2D eigenvalue weighted by atomic mass is 16.6. The Kier molecular flexibility index (Phi) is 7.11. The van der Waals surface area contributed by atoms with Gasteiger partial charge in [-0.1, -0.05) is 42.5 Å².